The molecule has 3 rings (SSSR count). The Morgan fingerprint density at radius 2 is 2.05 bits per heavy atom. The van der Waals surface area contributed by atoms with Gasteiger partial charge in [0.05, 0.1) is 10.2 Å². The number of nitrogens with one attached hydrogen (secondary N) is 1. The lowest BCUT2D eigenvalue weighted by molar-refractivity contribution is 1.14. The molecule has 19 heavy (non-hydrogen) atoms. The number of halogens is 1. The summed E-state index contributed by atoms with van der Waals surface area (Å²) in [6.45, 7) is 2.16. The first-order valence-electron chi connectivity index (χ1n) is 6.17. The molecule has 96 valence electrons. The molecule has 2 nitrogen and oxygen atoms in total. The predicted molar refractivity (Wildman–Crippen MR) is 86.4 cm³/mol. The lowest BCUT2D eigenvalue weighted by atomic mass is 10.1. The van der Waals surface area contributed by atoms with E-state index < -0.39 is 0 Å². The Kier molecular flexibility index (Phi) is 3.53. The third-order valence-electron chi connectivity index (χ3n) is 2.99. The summed E-state index contributed by atoms with van der Waals surface area (Å²) in [5.41, 5.74) is 3.47. The maximum atomic E-state index is 4.62. The van der Waals surface area contributed by atoms with E-state index in [-0.39, 0.29) is 0 Å². The van der Waals surface area contributed by atoms with Gasteiger partial charge in [0.15, 0.2) is 5.13 Å². The van der Waals surface area contributed by atoms with Crippen molar-refractivity contribution in [2.75, 3.05) is 5.32 Å². The Bertz CT molecular complexity index is 721. The fraction of sp³-hybridized carbons (Fsp3) is 0.133. The van der Waals surface area contributed by atoms with Crippen LogP contribution in [0.5, 0.6) is 0 Å². The molecule has 1 heterocycles. The Morgan fingerprint density at radius 3 is 2.89 bits per heavy atom. The van der Waals surface area contributed by atoms with Gasteiger partial charge in [0, 0.05) is 10.2 Å². The number of nitrogens with zero attached hydrogens (tertiary/aromatic N) is 1. The molecule has 0 amide bonds. The summed E-state index contributed by atoms with van der Waals surface area (Å²) < 4.78 is 2.26. The fourth-order valence-electron chi connectivity index (χ4n) is 2.02. The highest BCUT2D eigenvalue weighted by atomic mass is 79.9. The van der Waals surface area contributed by atoms with Gasteiger partial charge in [-0.15, -0.1) is 0 Å². The average molecular weight is 333 g/mol. The van der Waals surface area contributed by atoms with Gasteiger partial charge in [0.25, 0.3) is 0 Å². The van der Waals surface area contributed by atoms with E-state index in [0.29, 0.717) is 0 Å². The second kappa shape index (κ2) is 5.31. The minimum atomic E-state index is 0.939. The van der Waals surface area contributed by atoms with Crippen molar-refractivity contribution in [1.29, 1.82) is 0 Å². The molecule has 1 aromatic heterocycles. The lowest BCUT2D eigenvalue weighted by Gasteiger charge is -2.07. The fourth-order valence-corrected chi connectivity index (χ4v) is 3.23. The summed E-state index contributed by atoms with van der Waals surface area (Å²) in [6.07, 6.45) is 1.01. The molecule has 4 heteroatoms. The average Bonchev–Trinajstić information content (AvgIpc) is 2.80. The van der Waals surface area contributed by atoms with Crippen LogP contribution < -0.4 is 5.32 Å². The topological polar surface area (TPSA) is 24.9 Å². The lowest BCUT2D eigenvalue weighted by Crippen LogP contribution is -1.93. The van der Waals surface area contributed by atoms with Crippen LogP contribution in [-0.2, 0) is 6.42 Å². The van der Waals surface area contributed by atoms with Gasteiger partial charge in [-0.1, -0.05) is 52.4 Å². The van der Waals surface area contributed by atoms with Crippen molar-refractivity contribution in [1.82, 2.24) is 4.98 Å². The highest BCUT2D eigenvalue weighted by molar-refractivity contribution is 9.10. The number of thiazole rings is 1. The van der Waals surface area contributed by atoms with E-state index in [2.05, 4.69) is 57.4 Å². The van der Waals surface area contributed by atoms with Crippen molar-refractivity contribution in [3.8, 4) is 0 Å². The molecule has 2 aromatic carbocycles. The number of fused-ring (bicyclic) bond motifs is 1. The van der Waals surface area contributed by atoms with Crippen LogP contribution in [0.3, 0.4) is 0 Å². The van der Waals surface area contributed by atoms with Gasteiger partial charge in [-0.05, 0) is 36.2 Å². The summed E-state index contributed by atoms with van der Waals surface area (Å²) in [6, 6.07) is 14.5. The van der Waals surface area contributed by atoms with Crippen molar-refractivity contribution >= 4 is 48.3 Å². The minimum Gasteiger partial charge on any atom is -0.331 e. The Labute approximate surface area is 124 Å². The van der Waals surface area contributed by atoms with E-state index in [1.165, 1.54) is 10.3 Å². The summed E-state index contributed by atoms with van der Waals surface area (Å²) in [5.74, 6) is 0. The van der Waals surface area contributed by atoms with Crippen LogP contribution in [0.15, 0.2) is 46.9 Å². The van der Waals surface area contributed by atoms with Crippen molar-refractivity contribution in [3.05, 3.63) is 52.5 Å². The van der Waals surface area contributed by atoms with E-state index in [0.717, 1.165) is 27.2 Å². The maximum absolute atomic E-state index is 4.62. The third-order valence-corrected chi connectivity index (χ3v) is 4.43. The molecule has 0 radical (unpaired) electrons. The predicted octanol–water partition coefficient (Wildman–Crippen LogP) is 5.36. The molecule has 3 aromatic rings. The normalized spacial score (nSPS) is 10.8. The van der Waals surface area contributed by atoms with Crippen molar-refractivity contribution < 1.29 is 0 Å². The summed E-state index contributed by atoms with van der Waals surface area (Å²) in [7, 11) is 0. The molecule has 0 saturated heterocycles. The SMILES string of the molecule is CCc1ccccc1Nc1nc2cc(Br)ccc2s1. The van der Waals surface area contributed by atoms with Gasteiger partial charge >= 0.3 is 0 Å². The number of benzene rings is 2. The molecule has 0 aliphatic carbocycles. The van der Waals surface area contributed by atoms with E-state index in [1.54, 1.807) is 11.3 Å². The van der Waals surface area contributed by atoms with Crippen LogP contribution in [0.2, 0.25) is 0 Å². The van der Waals surface area contributed by atoms with Crippen LogP contribution >= 0.6 is 27.3 Å². The molecule has 0 saturated carbocycles. The zero-order chi connectivity index (χ0) is 13.2. The van der Waals surface area contributed by atoms with Gasteiger partial charge in [-0.25, -0.2) is 4.98 Å². The van der Waals surface area contributed by atoms with E-state index in [4.69, 9.17) is 0 Å². The number of aromatic nitrogens is 1. The summed E-state index contributed by atoms with van der Waals surface area (Å²) >= 11 is 5.15. The van der Waals surface area contributed by atoms with E-state index >= 15 is 0 Å². The molecule has 0 bridgehead atoms. The largest absolute Gasteiger partial charge is 0.331 e. The summed E-state index contributed by atoms with van der Waals surface area (Å²) in [5, 5.41) is 4.36. The Morgan fingerprint density at radius 1 is 1.21 bits per heavy atom. The Balaban J connectivity index is 1.96. The highest BCUT2D eigenvalue weighted by Crippen LogP contribution is 2.31. The molecule has 0 aliphatic rings. The smallest absolute Gasteiger partial charge is 0.188 e. The van der Waals surface area contributed by atoms with Crippen molar-refractivity contribution in [3.63, 3.8) is 0 Å². The number of aryl methyl sites for hydroxylation is 1. The maximum Gasteiger partial charge on any atom is 0.188 e. The zero-order valence-electron chi connectivity index (χ0n) is 10.5. The molecule has 0 unspecified atom stereocenters. The van der Waals surface area contributed by atoms with Gasteiger partial charge in [0.1, 0.15) is 0 Å². The van der Waals surface area contributed by atoms with Crippen LogP contribution in [0, 0.1) is 0 Å². The van der Waals surface area contributed by atoms with E-state index in [9.17, 15) is 0 Å². The molecule has 1 N–H and O–H groups in total. The van der Waals surface area contributed by atoms with Crippen LogP contribution in [-0.4, -0.2) is 4.98 Å². The highest BCUT2D eigenvalue weighted by Gasteiger charge is 2.06. The molecule has 0 aliphatic heterocycles. The van der Waals surface area contributed by atoms with Crippen LogP contribution in [0.25, 0.3) is 10.2 Å². The molecule has 0 fully saturated rings. The first-order valence-corrected chi connectivity index (χ1v) is 7.78. The third kappa shape index (κ3) is 2.65. The van der Waals surface area contributed by atoms with Crippen LogP contribution in [0.4, 0.5) is 10.8 Å². The molecular formula is C15H13BrN2S. The quantitative estimate of drug-likeness (QED) is 0.697. The standard InChI is InChI=1S/C15H13BrN2S/c1-2-10-5-3-4-6-12(10)17-15-18-13-9-11(16)7-8-14(13)19-15/h3-9H,2H2,1H3,(H,17,18). The van der Waals surface area contributed by atoms with Crippen molar-refractivity contribution in [2.45, 2.75) is 13.3 Å². The second-order valence-electron chi connectivity index (χ2n) is 4.27. The number of anilines is 2. The monoisotopic (exact) mass is 332 g/mol. The van der Waals surface area contributed by atoms with E-state index in [1.807, 2.05) is 18.2 Å². The van der Waals surface area contributed by atoms with Gasteiger partial charge in [-0.3, -0.25) is 0 Å². The minimum absolute atomic E-state index is 0.939. The molecular weight excluding hydrogens is 320 g/mol. The first-order chi connectivity index (χ1) is 9.26. The van der Waals surface area contributed by atoms with Gasteiger partial charge < -0.3 is 5.32 Å². The molecule has 0 atom stereocenters. The number of hydrogen-bond donors (Lipinski definition) is 1. The number of para-hydroxylation sites is 1. The van der Waals surface area contributed by atoms with Crippen molar-refractivity contribution in [2.24, 2.45) is 0 Å². The molecule has 0 spiro atoms. The Hall–Kier alpha value is -1.39. The number of rotatable bonds is 3. The van der Waals surface area contributed by atoms with Crippen LogP contribution in [0.1, 0.15) is 12.5 Å². The van der Waals surface area contributed by atoms with Gasteiger partial charge in [-0.2, -0.15) is 0 Å². The number of hydrogen-bond acceptors (Lipinski definition) is 3. The zero-order valence-corrected chi connectivity index (χ0v) is 12.9. The second-order valence-corrected chi connectivity index (χ2v) is 6.21. The first kappa shape index (κ1) is 12.6. The van der Waals surface area contributed by atoms with Gasteiger partial charge in [0.2, 0.25) is 0 Å². The summed E-state index contributed by atoms with van der Waals surface area (Å²) in [4.78, 5) is 4.62.